The molecule has 0 saturated heterocycles. The quantitative estimate of drug-likeness (QED) is 0.0826. The fourth-order valence-electron chi connectivity index (χ4n) is 6.09. The topological polar surface area (TPSA) is 189 Å². The lowest BCUT2D eigenvalue weighted by Crippen LogP contribution is -2.62. The molecule has 56 heavy (non-hydrogen) atoms. The summed E-state index contributed by atoms with van der Waals surface area (Å²) >= 11 is 2.84. The number of rotatable bonds is 19. The molecular formula is C40H54N8O6S2. The van der Waals surface area contributed by atoms with E-state index in [2.05, 4.69) is 31.2 Å². The second-order valence-electron chi connectivity index (χ2n) is 14.6. The van der Waals surface area contributed by atoms with Crippen LogP contribution in [-0.2, 0) is 35.5 Å². The van der Waals surface area contributed by atoms with Crippen molar-refractivity contribution in [1.82, 2.24) is 41.0 Å². The maximum atomic E-state index is 14.0. The summed E-state index contributed by atoms with van der Waals surface area (Å²) in [6, 6.07) is 13.4. The maximum absolute atomic E-state index is 14.0. The van der Waals surface area contributed by atoms with Gasteiger partial charge in [0, 0.05) is 24.9 Å². The number of aliphatic hydroxyl groups excluding tert-OH is 2. The summed E-state index contributed by atoms with van der Waals surface area (Å²) in [6.07, 6.45) is -2.90. The molecule has 0 spiro atoms. The molecule has 0 saturated carbocycles. The summed E-state index contributed by atoms with van der Waals surface area (Å²) in [4.78, 5) is 65.7. The number of carbonyl (C=O) groups excluding carboxylic acids is 4. The van der Waals surface area contributed by atoms with Gasteiger partial charge in [0.15, 0.2) is 0 Å². The molecule has 6 atom stereocenters. The zero-order chi connectivity index (χ0) is 40.8. The average Bonchev–Trinajstić information content (AvgIpc) is 3.90. The molecule has 2 aromatic carbocycles. The third-order valence-electron chi connectivity index (χ3n) is 9.34. The summed E-state index contributed by atoms with van der Waals surface area (Å²) in [6.45, 7) is 7.71. The van der Waals surface area contributed by atoms with E-state index in [4.69, 9.17) is 0 Å². The number of thiazole rings is 2. The highest BCUT2D eigenvalue weighted by molar-refractivity contribution is 7.07. The Morgan fingerprint density at radius 1 is 0.607 bits per heavy atom. The van der Waals surface area contributed by atoms with Gasteiger partial charge in [0.2, 0.25) is 11.8 Å². The molecule has 2 heterocycles. The van der Waals surface area contributed by atoms with Gasteiger partial charge in [-0.05, 0) is 35.8 Å². The van der Waals surface area contributed by atoms with Crippen LogP contribution >= 0.6 is 22.7 Å². The standard InChI is InChI=1S/C40H54N8O6S2/c1-25(2)33(45-39(53)47(5)19-29-21-55-23-41-29)37(51)43-31(17-27-13-9-7-10-14-27)35(49)36(50)32(18-28-15-11-8-12-16-28)44-38(52)34(26(3)4)46-40(54)48(6)20-30-22-56-24-42-30/h7-16,21-26,31-36,49-50H,17-20H2,1-6H3,(H,43,51)(H,44,52)(H,45,53)(H,46,54)/t31-,32-,33-,34-,35-,36+/m0/s1. The van der Waals surface area contributed by atoms with Crippen LogP contribution in [0.5, 0.6) is 0 Å². The van der Waals surface area contributed by atoms with Crippen molar-refractivity contribution in [1.29, 1.82) is 0 Å². The minimum absolute atomic E-state index is 0.134. The van der Waals surface area contributed by atoms with E-state index in [0.717, 1.165) is 22.5 Å². The first-order valence-corrected chi connectivity index (χ1v) is 20.4. The minimum Gasteiger partial charge on any atom is -0.388 e. The summed E-state index contributed by atoms with van der Waals surface area (Å²) in [5, 5.41) is 39.1. The Bertz CT molecular complexity index is 1670. The van der Waals surface area contributed by atoms with Gasteiger partial charge >= 0.3 is 12.1 Å². The van der Waals surface area contributed by atoms with Crippen LogP contribution < -0.4 is 21.3 Å². The molecule has 2 aromatic heterocycles. The maximum Gasteiger partial charge on any atom is 0.318 e. The summed E-state index contributed by atoms with van der Waals surface area (Å²) < 4.78 is 0. The molecule has 4 rings (SSSR count). The lowest BCUT2D eigenvalue weighted by atomic mass is 9.90. The highest BCUT2D eigenvalue weighted by atomic mass is 32.1. The van der Waals surface area contributed by atoms with Crippen molar-refractivity contribution >= 4 is 46.6 Å². The summed E-state index contributed by atoms with van der Waals surface area (Å²) in [7, 11) is 3.22. The molecule has 6 N–H and O–H groups in total. The van der Waals surface area contributed by atoms with E-state index in [-0.39, 0.29) is 37.8 Å². The van der Waals surface area contributed by atoms with Gasteiger partial charge in [-0.3, -0.25) is 9.59 Å². The number of aromatic nitrogens is 2. The first-order chi connectivity index (χ1) is 26.7. The second-order valence-corrected chi connectivity index (χ2v) is 16.0. The van der Waals surface area contributed by atoms with Crippen molar-refractivity contribution < 1.29 is 29.4 Å². The van der Waals surface area contributed by atoms with Crippen molar-refractivity contribution in [3.05, 3.63) is 105 Å². The van der Waals surface area contributed by atoms with E-state index in [0.29, 0.717) is 0 Å². The Kier molecular flexibility index (Phi) is 16.8. The van der Waals surface area contributed by atoms with Crippen LogP contribution in [-0.4, -0.2) is 104 Å². The largest absolute Gasteiger partial charge is 0.388 e. The molecule has 14 nitrogen and oxygen atoms in total. The van der Waals surface area contributed by atoms with Crippen LogP contribution in [0, 0.1) is 11.8 Å². The predicted octanol–water partition coefficient (Wildman–Crippen LogP) is 3.81. The normalized spacial score (nSPS) is 14.5. The number of hydrogen-bond donors (Lipinski definition) is 6. The molecule has 0 fully saturated rings. The van der Waals surface area contributed by atoms with Crippen LogP contribution in [0.1, 0.15) is 50.2 Å². The smallest absolute Gasteiger partial charge is 0.318 e. The van der Waals surface area contributed by atoms with Gasteiger partial charge < -0.3 is 41.3 Å². The van der Waals surface area contributed by atoms with Gasteiger partial charge in [-0.1, -0.05) is 88.4 Å². The fourth-order valence-corrected chi connectivity index (χ4v) is 7.19. The Hall–Kier alpha value is -4.90. The van der Waals surface area contributed by atoms with Crippen LogP contribution in [0.15, 0.2) is 82.4 Å². The van der Waals surface area contributed by atoms with Gasteiger partial charge in [-0.15, -0.1) is 22.7 Å². The number of urea groups is 2. The van der Waals surface area contributed by atoms with Gasteiger partial charge in [-0.25, -0.2) is 19.6 Å². The lowest BCUT2D eigenvalue weighted by Gasteiger charge is -2.35. The van der Waals surface area contributed by atoms with Crippen LogP contribution in [0.25, 0.3) is 0 Å². The van der Waals surface area contributed by atoms with E-state index < -0.39 is 60.3 Å². The molecule has 0 aliphatic heterocycles. The summed E-state index contributed by atoms with van der Waals surface area (Å²) in [5.74, 6) is -1.76. The van der Waals surface area contributed by atoms with Crippen molar-refractivity contribution in [3.63, 3.8) is 0 Å². The molecule has 0 aliphatic carbocycles. The number of hydrogen-bond acceptors (Lipinski definition) is 10. The van der Waals surface area contributed by atoms with E-state index in [9.17, 15) is 29.4 Å². The van der Waals surface area contributed by atoms with Gasteiger partial charge in [0.25, 0.3) is 0 Å². The number of nitrogens with one attached hydrogen (secondary N) is 4. The number of benzene rings is 2. The van der Waals surface area contributed by atoms with E-state index in [1.54, 1.807) is 52.8 Å². The number of carbonyl (C=O) groups is 4. The Labute approximate surface area is 336 Å². The molecular weight excluding hydrogens is 753 g/mol. The van der Waals surface area contributed by atoms with Gasteiger partial charge in [-0.2, -0.15) is 0 Å². The molecule has 0 aliphatic rings. The third kappa shape index (κ3) is 13.1. The Balaban J connectivity index is 1.56. The molecule has 0 unspecified atom stereocenters. The monoisotopic (exact) mass is 806 g/mol. The molecule has 0 radical (unpaired) electrons. The van der Waals surface area contributed by atoms with Gasteiger partial charge in [0.05, 0.1) is 47.6 Å². The molecule has 302 valence electrons. The predicted molar refractivity (Wildman–Crippen MR) is 218 cm³/mol. The van der Waals surface area contributed by atoms with Crippen LogP contribution in [0.3, 0.4) is 0 Å². The number of amides is 6. The fraction of sp³-hybridized carbons (Fsp3) is 0.450. The van der Waals surface area contributed by atoms with Crippen molar-refractivity contribution in [2.75, 3.05) is 14.1 Å². The second kappa shape index (κ2) is 21.4. The van der Waals surface area contributed by atoms with Crippen molar-refractivity contribution in [2.45, 2.75) is 90.0 Å². The van der Waals surface area contributed by atoms with E-state index in [1.807, 2.05) is 71.4 Å². The SMILES string of the molecule is CC(C)[C@H](NC(=O)N(C)Cc1cscn1)C(=O)N[C@@H](Cc1ccccc1)[C@H](O)[C@H](O)[C@H](Cc1ccccc1)NC(=O)[C@@H](NC(=O)N(C)Cc1cscn1)C(C)C. The first-order valence-electron chi connectivity index (χ1n) is 18.6. The van der Waals surface area contributed by atoms with E-state index >= 15 is 0 Å². The Morgan fingerprint density at radius 2 is 0.964 bits per heavy atom. The zero-order valence-electron chi connectivity index (χ0n) is 32.7. The molecule has 0 bridgehead atoms. The first kappa shape index (κ1) is 43.8. The van der Waals surface area contributed by atoms with Crippen molar-refractivity contribution in [2.24, 2.45) is 11.8 Å². The minimum atomic E-state index is -1.58. The third-order valence-corrected chi connectivity index (χ3v) is 10.6. The molecule has 4 aromatic rings. The zero-order valence-corrected chi connectivity index (χ0v) is 34.3. The molecule has 6 amide bonds. The van der Waals surface area contributed by atoms with Crippen LogP contribution in [0.2, 0.25) is 0 Å². The van der Waals surface area contributed by atoms with Gasteiger partial charge in [0.1, 0.15) is 24.3 Å². The average molecular weight is 807 g/mol. The lowest BCUT2D eigenvalue weighted by molar-refractivity contribution is -0.129. The highest BCUT2D eigenvalue weighted by Crippen LogP contribution is 2.17. The van der Waals surface area contributed by atoms with Crippen molar-refractivity contribution in [3.8, 4) is 0 Å². The number of nitrogens with zero attached hydrogens (tertiary/aromatic N) is 4. The van der Waals surface area contributed by atoms with E-state index in [1.165, 1.54) is 32.5 Å². The Morgan fingerprint density at radius 3 is 1.27 bits per heavy atom. The number of aliphatic hydroxyl groups is 2. The molecule has 16 heteroatoms. The van der Waals surface area contributed by atoms with Crippen LogP contribution in [0.4, 0.5) is 9.59 Å². The highest BCUT2D eigenvalue weighted by Gasteiger charge is 2.38. The summed E-state index contributed by atoms with van der Waals surface area (Å²) in [5.41, 5.74) is 6.36.